The Morgan fingerprint density at radius 2 is 1.84 bits per heavy atom. The lowest BCUT2D eigenvalue weighted by Gasteiger charge is -2.25. The molecule has 2 aromatic carbocycles. The smallest absolute Gasteiger partial charge is 0.338 e. The maximum atomic E-state index is 13.7. The second-order valence-electron chi connectivity index (χ2n) is 8.09. The minimum atomic E-state index is -0.826. The van der Waals surface area contributed by atoms with E-state index in [4.69, 9.17) is 25.8 Å². The second kappa shape index (κ2) is 11.1. The number of benzene rings is 2. The average molecular weight is 541 g/mol. The lowest BCUT2D eigenvalue weighted by atomic mass is 9.95. The van der Waals surface area contributed by atoms with Crippen LogP contribution in [0.3, 0.4) is 0 Å². The minimum absolute atomic E-state index is 0.166. The van der Waals surface area contributed by atoms with E-state index in [1.807, 2.05) is 12.1 Å². The summed E-state index contributed by atoms with van der Waals surface area (Å²) in [4.78, 5) is 43.4. The third-order valence-corrected chi connectivity index (χ3v) is 6.76. The number of hydrogen-bond donors (Lipinski definition) is 0. The van der Waals surface area contributed by atoms with Gasteiger partial charge < -0.3 is 14.2 Å². The van der Waals surface area contributed by atoms with Crippen LogP contribution >= 0.6 is 22.9 Å². The molecule has 3 aromatic rings. The maximum absolute atomic E-state index is 13.7. The van der Waals surface area contributed by atoms with Crippen LogP contribution in [0.1, 0.15) is 44.9 Å². The monoisotopic (exact) mass is 540 g/mol. The van der Waals surface area contributed by atoms with Crippen molar-refractivity contribution in [2.45, 2.75) is 33.7 Å². The van der Waals surface area contributed by atoms with Crippen molar-refractivity contribution in [2.24, 2.45) is 4.99 Å². The molecule has 1 aliphatic heterocycles. The Morgan fingerprint density at radius 1 is 1.11 bits per heavy atom. The van der Waals surface area contributed by atoms with E-state index in [1.165, 1.54) is 22.8 Å². The number of hydrogen-bond acceptors (Lipinski definition) is 8. The average Bonchev–Trinajstić information content (AvgIpc) is 3.15. The van der Waals surface area contributed by atoms with E-state index in [9.17, 15) is 14.4 Å². The van der Waals surface area contributed by atoms with Gasteiger partial charge in [-0.25, -0.2) is 9.79 Å². The Balaban J connectivity index is 1.94. The molecule has 0 radical (unpaired) electrons. The van der Waals surface area contributed by atoms with Crippen LogP contribution in [0.4, 0.5) is 0 Å². The van der Waals surface area contributed by atoms with Crippen LogP contribution in [-0.4, -0.2) is 29.7 Å². The van der Waals surface area contributed by atoms with E-state index < -0.39 is 18.0 Å². The summed E-state index contributed by atoms with van der Waals surface area (Å²) >= 11 is 7.22. The number of allylic oxidation sites excluding steroid dienone is 1. The summed E-state index contributed by atoms with van der Waals surface area (Å²) in [5.74, 6) is -0.502. The van der Waals surface area contributed by atoms with Crippen molar-refractivity contribution in [3.05, 3.63) is 89.6 Å². The summed E-state index contributed by atoms with van der Waals surface area (Å²) in [7, 11) is 0. The Hall–Kier alpha value is -3.69. The van der Waals surface area contributed by atoms with E-state index in [0.717, 1.165) is 5.56 Å². The molecule has 0 saturated carbocycles. The highest BCUT2D eigenvalue weighted by molar-refractivity contribution is 7.07. The van der Waals surface area contributed by atoms with Gasteiger partial charge >= 0.3 is 11.9 Å². The van der Waals surface area contributed by atoms with Crippen LogP contribution in [0.15, 0.2) is 63.5 Å². The first kappa shape index (κ1) is 26.4. The first-order valence-electron chi connectivity index (χ1n) is 11.6. The topological polar surface area (TPSA) is 96.2 Å². The highest BCUT2D eigenvalue weighted by Crippen LogP contribution is 2.36. The molecule has 0 saturated heterocycles. The third kappa shape index (κ3) is 5.52. The highest BCUT2D eigenvalue weighted by atomic mass is 35.5. The zero-order chi connectivity index (χ0) is 26.7. The van der Waals surface area contributed by atoms with Gasteiger partial charge in [0.15, 0.2) is 16.3 Å². The predicted octanol–water partition coefficient (Wildman–Crippen LogP) is 3.78. The summed E-state index contributed by atoms with van der Waals surface area (Å²) in [6.07, 6.45) is 1.76. The fourth-order valence-electron chi connectivity index (χ4n) is 4.02. The van der Waals surface area contributed by atoms with Gasteiger partial charge in [-0.3, -0.25) is 14.2 Å². The SMILES string of the molecule is CCOC(=O)C1=C(C)N=c2sc(=Cc3ccc(Cl)cc3)c(=O)n2C1c1ccc(OC(C)=O)c(OCC)c1. The fraction of sp³-hybridized carbons (Fsp3) is 0.259. The number of esters is 2. The van der Waals surface area contributed by atoms with Gasteiger partial charge in [-0.1, -0.05) is 41.1 Å². The van der Waals surface area contributed by atoms with Crippen LogP contribution in [0.25, 0.3) is 6.08 Å². The molecule has 0 amide bonds. The van der Waals surface area contributed by atoms with E-state index >= 15 is 0 Å². The number of carbonyl (C=O) groups is 2. The van der Waals surface area contributed by atoms with Crippen molar-refractivity contribution < 1.29 is 23.8 Å². The fourth-order valence-corrected chi connectivity index (χ4v) is 5.19. The van der Waals surface area contributed by atoms with Gasteiger partial charge in [0.1, 0.15) is 0 Å². The number of rotatable bonds is 7. The van der Waals surface area contributed by atoms with Crippen molar-refractivity contribution in [1.82, 2.24) is 4.57 Å². The molecule has 0 N–H and O–H groups in total. The van der Waals surface area contributed by atoms with E-state index in [2.05, 4.69) is 4.99 Å². The number of nitrogens with zero attached hydrogens (tertiary/aromatic N) is 2. The molecule has 1 aliphatic rings. The third-order valence-electron chi connectivity index (χ3n) is 5.52. The number of carbonyl (C=O) groups excluding carboxylic acids is 2. The number of fused-ring (bicyclic) bond motifs is 1. The Bertz CT molecular complexity index is 1570. The van der Waals surface area contributed by atoms with Crippen LogP contribution in [0.2, 0.25) is 5.02 Å². The van der Waals surface area contributed by atoms with Gasteiger partial charge in [0.05, 0.1) is 35.1 Å². The lowest BCUT2D eigenvalue weighted by Crippen LogP contribution is -2.40. The molecule has 0 fully saturated rings. The number of aromatic nitrogens is 1. The van der Waals surface area contributed by atoms with Crippen LogP contribution in [0, 0.1) is 0 Å². The first-order valence-corrected chi connectivity index (χ1v) is 12.8. The van der Waals surface area contributed by atoms with Crippen molar-refractivity contribution in [3.63, 3.8) is 0 Å². The molecule has 4 rings (SSSR count). The first-order chi connectivity index (χ1) is 17.7. The van der Waals surface area contributed by atoms with Gasteiger partial charge in [0.2, 0.25) is 0 Å². The number of thiazole rings is 1. The second-order valence-corrected chi connectivity index (χ2v) is 9.53. The Morgan fingerprint density at radius 3 is 2.49 bits per heavy atom. The molecule has 0 spiro atoms. The molecule has 1 unspecified atom stereocenters. The van der Waals surface area contributed by atoms with Crippen molar-refractivity contribution in [1.29, 1.82) is 0 Å². The van der Waals surface area contributed by atoms with Crippen molar-refractivity contribution in [3.8, 4) is 11.5 Å². The summed E-state index contributed by atoms with van der Waals surface area (Å²) in [5.41, 5.74) is 1.77. The largest absolute Gasteiger partial charge is 0.490 e. The quantitative estimate of drug-likeness (QED) is 0.334. The molecule has 37 heavy (non-hydrogen) atoms. The number of halogens is 1. The van der Waals surface area contributed by atoms with Crippen LogP contribution in [-0.2, 0) is 14.3 Å². The van der Waals surface area contributed by atoms with E-state index in [1.54, 1.807) is 57.2 Å². The minimum Gasteiger partial charge on any atom is -0.490 e. The standard InChI is InChI=1S/C27H25ClN2O6S/c1-5-34-21-14-18(9-12-20(21)36-16(4)31)24-23(26(33)35-6-2)15(3)29-27-30(24)25(32)22(37-27)13-17-7-10-19(28)11-8-17/h7-14,24H,5-6H2,1-4H3. The van der Waals surface area contributed by atoms with Crippen LogP contribution in [0.5, 0.6) is 11.5 Å². The van der Waals surface area contributed by atoms with E-state index in [-0.39, 0.29) is 23.5 Å². The number of ether oxygens (including phenoxy) is 3. The van der Waals surface area contributed by atoms with Gasteiger partial charge in [-0.05, 0) is 62.2 Å². The molecule has 192 valence electrons. The van der Waals surface area contributed by atoms with E-state index in [0.29, 0.717) is 38.0 Å². The van der Waals surface area contributed by atoms with Gasteiger partial charge in [0.25, 0.3) is 5.56 Å². The van der Waals surface area contributed by atoms with Crippen LogP contribution < -0.4 is 24.4 Å². The molecular formula is C27H25ClN2O6S. The Kier molecular flexibility index (Phi) is 7.94. The molecule has 1 aromatic heterocycles. The summed E-state index contributed by atoms with van der Waals surface area (Å²) in [6, 6.07) is 11.2. The summed E-state index contributed by atoms with van der Waals surface area (Å²) in [6.45, 7) is 7.02. The van der Waals surface area contributed by atoms with Crippen molar-refractivity contribution in [2.75, 3.05) is 13.2 Å². The predicted molar refractivity (Wildman–Crippen MR) is 141 cm³/mol. The molecule has 10 heteroatoms. The van der Waals surface area contributed by atoms with Gasteiger partial charge in [-0.15, -0.1) is 0 Å². The van der Waals surface area contributed by atoms with Gasteiger partial charge in [0, 0.05) is 11.9 Å². The normalized spacial score (nSPS) is 15.2. The molecule has 1 atom stereocenters. The molecule has 2 heterocycles. The maximum Gasteiger partial charge on any atom is 0.338 e. The summed E-state index contributed by atoms with van der Waals surface area (Å²) < 4.78 is 18.3. The molecule has 0 bridgehead atoms. The molecule has 0 aliphatic carbocycles. The zero-order valence-corrected chi connectivity index (χ0v) is 22.3. The molecular weight excluding hydrogens is 516 g/mol. The Labute approximate surface area is 222 Å². The zero-order valence-electron chi connectivity index (χ0n) is 20.7. The summed E-state index contributed by atoms with van der Waals surface area (Å²) in [5, 5.41) is 0.593. The lowest BCUT2D eigenvalue weighted by molar-refractivity contribution is -0.139. The highest BCUT2D eigenvalue weighted by Gasteiger charge is 2.34. The molecule has 8 nitrogen and oxygen atoms in total. The van der Waals surface area contributed by atoms with Crippen molar-refractivity contribution >= 4 is 41.0 Å². The van der Waals surface area contributed by atoms with Gasteiger partial charge in [-0.2, -0.15) is 0 Å².